The smallest absolute Gasteiger partial charge is 0.272 e. The van der Waals surface area contributed by atoms with Gasteiger partial charge in [-0.2, -0.15) is 0 Å². The molecule has 1 amide bonds. The van der Waals surface area contributed by atoms with E-state index < -0.39 is 0 Å². The molecule has 0 aliphatic carbocycles. The molecule has 2 heterocycles. The van der Waals surface area contributed by atoms with Crippen LogP contribution in [0.15, 0.2) is 36.7 Å². The lowest BCUT2D eigenvalue weighted by Gasteiger charge is -2.32. The normalized spacial score (nSPS) is 15.7. The van der Waals surface area contributed by atoms with Crippen molar-refractivity contribution in [1.29, 1.82) is 0 Å². The van der Waals surface area contributed by atoms with Crippen molar-refractivity contribution in [2.45, 2.75) is 33.1 Å². The Morgan fingerprint density at radius 2 is 1.83 bits per heavy atom. The zero-order valence-corrected chi connectivity index (χ0v) is 13.8. The quantitative estimate of drug-likeness (QED) is 0.875. The molecule has 1 aromatic heterocycles. The van der Waals surface area contributed by atoms with Crippen molar-refractivity contribution in [2.75, 3.05) is 13.1 Å². The SMILES string of the molecule is Cc1ncnc(C(=O)N2CCC(Cc3ccccc3)CC2)c1C. The highest BCUT2D eigenvalue weighted by atomic mass is 16.2. The van der Waals surface area contributed by atoms with Crippen LogP contribution in [0.2, 0.25) is 0 Å². The van der Waals surface area contributed by atoms with Crippen molar-refractivity contribution in [2.24, 2.45) is 5.92 Å². The van der Waals surface area contributed by atoms with Gasteiger partial charge in [-0.15, -0.1) is 0 Å². The summed E-state index contributed by atoms with van der Waals surface area (Å²) in [6.07, 6.45) is 4.71. The topological polar surface area (TPSA) is 46.1 Å². The van der Waals surface area contributed by atoms with Crippen LogP contribution in [0.25, 0.3) is 0 Å². The third-order valence-corrected chi connectivity index (χ3v) is 4.81. The molecule has 0 bridgehead atoms. The van der Waals surface area contributed by atoms with Crippen LogP contribution in [0.4, 0.5) is 0 Å². The van der Waals surface area contributed by atoms with E-state index in [4.69, 9.17) is 0 Å². The first kappa shape index (κ1) is 15.7. The molecule has 0 N–H and O–H groups in total. The van der Waals surface area contributed by atoms with E-state index in [0.29, 0.717) is 11.6 Å². The lowest BCUT2D eigenvalue weighted by Crippen LogP contribution is -2.39. The van der Waals surface area contributed by atoms with Crippen LogP contribution in [0.1, 0.15) is 40.2 Å². The summed E-state index contributed by atoms with van der Waals surface area (Å²) < 4.78 is 0. The monoisotopic (exact) mass is 309 g/mol. The van der Waals surface area contributed by atoms with Crippen LogP contribution in [0.3, 0.4) is 0 Å². The van der Waals surface area contributed by atoms with Gasteiger partial charge >= 0.3 is 0 Å². The number of amides is 1. The van der Waals surface area contributed by atoms with Crippen LogP contribution in [0.5, 0.6) is 0 Å². The summed E-state index contributed by atoms with van der Waals surface area (Å²) in [5.74, 6) is 0.709. The van der Waals surface area contributed by atoms with Crippen LogP contribution in [0, 0.1) is 19.8 Å². The fourth-order valence-electron chi connectivity index (χ4n) is 3.19. The third-order valence-electron chi connectivity index (χ3n) is 4.81. The Labute approximate surface area is 137 Å². The predicted octanol–water partition coefficient (Wildman–Crippen LogP) is 3.19. The summed E-state index contributed by atoms with van der Waals surface area (Å²) in [6, 6.07) is 10.6. The number of hydrogen-bond donors (Lipinski definition) is 0. The summed E-state index contributed by atoms with van der Waals surface area (Å²) >= 11 is 0. The zero-order valence-electron chi connectivity index (χ0n) is 13.8. The van der Waals surface area contributed by atoms with Gasteiger partial charge in [0, 0.05) is 24.3 Å². The second kappa shape index (κ2) is 6.90. The maximum Gasteiger partial charge on any atom is 0.272 e. The van der Waals surface area contributed by atoms with Crippen molar-refractivity contribution in [3.05, 3.63) is 59.2 Å². The molecule has 1 saturated heterocycles. The first-order chi connectivity index (χ1) is 11.1. The molecule has 3 rings (SSSR count). The van der Waals surface area contributed by atoms with E-state index in [0.717, 1.165) is 43.6 Å². The summed E-state index contributed by atoms with van der Waals surface area (Å²) in [4.78, 5) is 23.0. The van der Waals surface area contributed by atoms with E-state index in [-0.39, 0.29) is 5.91 Å². The second-order valence-electron chi connectivity index (χ2n) is 6.36. The van der Waals surface area contributed by atoms with Gasteiger partial charge in [0.2, 0.25) is 0 Å². The van der Waals surface area contributed by atoms with Crippen molar-refractivity contribution in [3.8, 4) is 0 Å². The number of nitrogens with zero attached hydrogens (tertiary/aromatic N) is 3. The first-order valence-corrected chi connectivity index (χ1v) is 8.26. The van der Waals surface area contributed by atoms with E-state index in [2.05, 4.69) is 40.3 Å². The van der Waals surface area contributed by atoms with Gasteiger partial charge in [0.15, 0.2) is 0 Å². The van der Waals surface area contributed by atoms with Crippen LogP contribution >= 0.6 is 0 Å². The lowest BCUT2D eigenvalue weighted by atomic mass is 9.90. The highest BCUT2D eigenvalue weighted by molar-refractivity contribution is 5.93. The molecule has 0 radical (unpaired) electrons. The highest BCUT2D eigenvalue weighted by Crippen LogP contribution is 2.23. The zero-order chi connectivity index (χ0) is 16.2. The third kappa shape index (κ3) is 3.58. The van der Waals surface area contributed by atoms with Crippen LogP contribution in [-0.2, 0) is 6.42 Å². The van der Waals surface area contributed by atoms with Gasteiger partial charge in [-0.3, -0.25) is 4.79 Å². The van der Waals surface area contributed by atoms with E-state index in [9.17, 15) is 4.79 Å². The Morgan fingerprint density at radius 1 is 1.13 bits per heavy atom. The number of likely N-dealkylation sites (tertiary alicyclic amines) is 1. The fourth-order valence-corrected chi connectivity index (χ4v) is 3.19. The molecule has 23 heavy (non-hydrogen) atoms. The molecule has 1 aliphatic rings. The van der Waals surface area contributed by atoms with Gasteiger partial charge in [0.1, 0.15) is 12.0 Å². The summed E-state index contributed by atoms with van der Waals surface area (Å²) in [7, 11) is 0. The number of carbonyl (C=O) groups excluding carboxylic acids is 1. The molecule has 4 heteroatoms. The minimum absolute atomic E-state index is 0.0474. The van der Waals surface area contributed by atoms with Crippen LogP contribution in [-0.4, -0.2) is 33.9 Å². The number of benzene rings is 1. The number of aryl methyl sites for hydroxylation is 1. The number of aromatic nitrogens is 2. The number of carbonyl (C=O) groups is 1. The van der Waals surface area contributed by atoms with E-state index in [1.807, 2.05) is 18.7 Å². The Morgan fingerprint density at radius 3 is 2.52 bits per heavy atom. The minimum Gasteiger partial charge on any atom is -0.337 e. The standard InChI is InChI=1S/C19H23N3O/c1-14-15(2)20-13-21-18(14)19(23)22-10-8-17(9-11-22)12-16-6-4-3-5-7-16/h3-7,13,17H,8-12H2,1-2H3. The van der Waals surface area contributed by atoms with E-state index in [1.165, 1.54) is 11.9 Å². The summed E-state index contributed by atoms with van der Waals surface area (Å²) in [5.41, 5.74) is 3.71. The molecule has 0 saturated carbocycles. The van der Waals surface area contributed by atoms with Gasteiger partial charge in [-0.1, -0.05) is 30.3 Å². The molecular formula is C19H23N3O. The van der Waals surface area contributed by atoms with Crippen molar-refractivity contribution in [3.63, 3.8) is 0 Å². The van der Waals surface area contributed by atoms with Gasteiger partial charge in [0.25, 0.3) is 5.91 Å². The molecule has 1 fully saturated rings. The summed E-state index contributed by atoms with van der Waals surface area (Å²) in [5, 5.41) is 0. The number of piperidine rings is 1. The van der Waals surface area contributed by atoms with Gasteiger partial charge in [-0.25, -0.2) is 9.97 Å². The van der Waals surface area contributed by atoms with E-state index in [1.54, 1.807) is 0 Å². The summed E-state index contributed by atoms with van der Waals surface area (Å²) in [6.45, 7) is 5.47. The molecule has 0 atom stereocenters. The molecule has 1 aliphatic heterocycles. The van der Waals surface area contributed by atoms with Gasteiger partial charge in [-0.05, 0) is 44.6 Å². The maximum atomic E-state index is 12.7. The fraction of sp³-hybridized carbons (Fsp3) is 0.421. The van der Waals surface area contributed by atoms with Crippen LogP contribution < -0.4 is 0 Å². The van der Waals surface area contributed by atoms with Crippen molar-refractivity contribution in [1.82, 2.24) is 14.9 Å². The van der Waals surface area contributed by atoms with E-state index >= 15 is 0 Å². The molecule has 4 nitrogen and oxygen atoms in total. The Balaban J connectivity index is 1.60. The Kier molecular flexibility index (Phi) is 4.70. The predicted molar refractivity (Wildman–Crippen MR) is 90.3 cm³/mol. The molecule has 1 aromatic carbocycles. The Bertz CT molecular complexity index is 676. The van der Waals surface area contributed by atoms with Gasteiger partial charge in [0.05, 0.1) is 0 Å². The molecule has 0 spiro atoms. The van der Waals surface area contributed by atoms with Crippen molar-refractivity contribution >= 4 is 5.91 Å². The van der Waals surface area contributed by atoms with Crippen molar-refractivity contribution < 1.29 is 4.79 Å². The minimum atomic E-state index is 0.0474. The average Bonchev–Trinajstić information content (AvgIpc) is 2.58. The molecule has 120 valence electrons. The lowest BCUT2D eigenvalue weighted by molar-refractivity contribution is 0.0683. The largest absolute Gasteiger partial charge is 0.337 e. The molecule has 0 unspecified atom stereocenters. The molecule has 2 aromatic rings. The molecular weight excluding hydrogens is 286 g/mol. The Hall–Kier alpha value is -2.23. The number of rotatable bonds is 3. The van der Waals surface area contributed by atoms with Gasteiger partial charge < -0.3 is 4.90 Å². The number of hydrogen-bond acceptors (Lipinski definition) is 3. The second-order valence-corrected chi connectivity index (χ2v) is 6.36. The highest BCUT2D eigenvalue weighted by Gasteiger charge is 2.25. The maximum absolute atomic E-state index is 12.7. The first-order valence-electron chi connectivity index (χ1n) is 8.26. The average molecular weight is 309 g/mol.